The standard InChI is InChI=1S/C13H20BrFN2O/c14-11-8-10(4-5-12(11)15)13(9-16)17-6-2-1-3-7-18/h4-5,8,13,17-18H,1-3,6-7,9,16H2. The van der Waals surface area contributed by atoms with Gasteiger partial charge in [0.05, 0.1) is 4.47 Å². The molecule has 0 bridgehead atoms. The topological polar surface area (TPSA) is 58.3 Å². The van der Waals surface area contributed by atoms with Crippen molar-refractivity contribution < 1.29 is 9.50 Å². The molecule has 5 heteroatoms. The van der Waals surface area contributed by atoms with Gasteiger partial charge in [-0.3, -0.25) is 0 Å². The summed E-state index contributed by atoms with van der Waals surface area (Å²) in [5.41, 5.74) is 6.70. The van der Waals surface area contributed by atoms with Gasteiger partial charge in [0.15, 0.2) is 0 Å². The van der Waals surface area contributed by atoms with Gasteiger partial charge in [0.1, 0.15) is 5.82 Å². The van der Waals surface area contributed by atoms with Gasteiger partial charge >= 0.3 is 0 Å². The lowest BCUT2D eigenvalue weighted by molar-refractivity contribution is 0.282. The van der Waals surface area contributed by atoms with Crippen molar-refractivity contribution in [2.24, 2.45) is 5.73 Å². The van der Waals surface area contributed by atoms with E-state index in [2.05, 4.69) is 21.2 Å². The Labute approximate surface area is 116 Å². The summed E-state index contributed by atoms with van der Waals surface area (Å²) in [5.74, 6) is -0.266. The second-order valence-electron chi connectivity index (χ2n) is 4.20. The minimum absolute atomic E-state index is 0.0380. The predicted molar refractivity (Wildman–Crippen MR) is 74.8 cm³/mol. The van der Waals surface area contributed by atoms with Gasteiger partial charge in [-0.1, -0.05) is 6.07 Å². The molecule has 0 saturated heterocycles. The average molecular weight is 319 g/mol. The molecule has 0 amide bonds. The molecule has 0 heterocycles. The molecule has 1 aromatic carbocycles. The summed E-state index contributed by atoms with van der Waals surface area (Å²) in [6.07, 6.45) is 2.82. The summed E-state index contributed by atoms with van der Waals surface area (Å²) in [6.45, 7) is 1.56. The number of nitrogens with one attached hydrogen (secondary N) is 1. The van der Waals surface area contributed by atoms with Crippen molar-refractivity contribution in [3.8, 4) is 0 Å². The predicted octanol–water partition coefficient (Wildman–Crippen LogP) is 2.34. The first-order chi connectivity index (χ1) is 8.69. The normalized spacial score (nSPS) is 12.7. The number of aliphatic hydroxyl groups excluding tert-OH is 1. The number of hydrogen-bond donors (Lipinski definition) is 3. The summed E-state index contributed by atoms with van der Waals surface area (Å²) in [6, 6.07) is 4.98. The molecule has 0 aromatic heterocycles. The molecule has 0 aliphatic rings. The Balaban J connectivity index is 2.47. The van der Waals surface area contributed by atoms with Crippen molar-refractivity contribution in [3.63, 3.8) is 0 Å². The van der Waals surface area contributed by atoms with E-state index in [9.17, 15) is 4.39 Å². The van der Waals surface area contributed by atoms with Crippen LogP contribution >= 0.6 is 15.9 Å². The quantitative estimate of drug-likeness (QED) is 0.645. The van der Waals surface area contributed by atoms with Crippen LogP contribution < -0.4 is 11.1 Å². The summed E-state index contributed by atoms with van der Waals surface area (Å²) < 4.78 is 13.6. The average Bonchev–Trinajstić information content (AvgIpc) is 2.37. The molecule has 1 atom stereocenters. The highest BCUT2D eigenvalue weighted by molar-refractivity contribution is 9.10. The summed E-state index contributed by atoms with van der Waals surface area (Å²) in [7, 11) is 0. The monoisotopic (exact) mass is 318 g/mol. The maximum atomic E-state index is 13.1. The van der Waals surface area contributed by atoms with E-state index < -0.39 is 0 Å². The van der Waals surface area contributed by atoms with Crippen molar-refractivity contribution in [1.82, 2.24) is 5.32 Å². The van der Waals surface area contributed by atoms with Gasteiger partial charge in [-0.15, -0.1) is 0 Å². The molecule has 0 radical (unpaired) electrons. The first-order valence-corrected chi connectivity index (χ1v) is 6.97. The Kier molecular flexibility index (Phi) is 7.42. The largest absolute Gasteiger partial charge is 0.396 e. The van der Waals surface area contributed by atoms with Gasteiger partial charge in [-0.05, 0) is 59.4 Å². The van der Waals surface area contributed by atoms with Gasteiger partial charge in [-0.2, -0.15) is 0 Å². The third kappa shape index (κ3) is 5.02. The van der Waals surface area contributed by atoms with E-state index >= 15 is 0 Å². The van der Waals surface area contributed by atoms with E-state index in [1.165, 1.54) is 6.07 Å². The van der Waals surface area contributed by atoms with Crippen LogP contribution in [0, 0.1) is 5.82 Å². The van der Waals surface area contributed by atoms with Crippen LogP contribution in [0.4, 0.5) is 4.39 Å². The number of halogens is 2. The number of benzene rings is 1. The molecule has 102 valence electrons. The maximum Gasteiger partial charge on any atom is 0.137 e. The van der Waals surface area contributed by atoms with Gasteiger partial charge in [0.25, 0.3) is 0 Å². The molecule has 0 spiro atoms. The van der Waals surface area contributed by atoms with Gasteiger partial charge in [0, 0.05) is 19.2 Å². The molecule has 18 heavy (non-hydrogen) atoms. The van der Waals surface area contributed by atoms with Crippen LogP contribution in [0.3, 0.4) is 0 Å². The van der Waals surface area contributed by atoms with E-state index in [4.69, 9.17) is 10.8 Å². The fourth-order valence-electron chi connectivity index (χ4n) is 1.76. The Morgan fingerprint density at radius 3 is 2.72 bits per heavy atom. The Morgan fingerprint density at radius 2 is 2.11 bits per heavy atom. The minimum Gasteiger partial charge on any atom is -0.396 e. The van der Waals surface area contributed by atoms with Crippen molar-refractivity contribution in [1.29, 1.82) is 0 Å². The maximum absolute atomic E-state index is 13.1. The van der Waals surface area contributed by atoms with Gasteiger partial charge < -0.3 is 16.2 Å². The molecule has 1 aromatic rings. The molecule has 0 aliphatic heterocycles. The molecule has 1 rings (SSSR count). The SMILES string of the molecule is NCC(NCCCCCO)c1ccc(F)c(Br)c1. The van der Waals surface area contributed by atoms with Crippen LogP contribution in [-0.2, 0) is 0 Å². The first kappa shape index (κ1) is 15.6. The third-order valence-corrected chi connectivity index (χ3v) is 3.42. The molecule has 0 saturated carbocycles. The summed E-state index contributed by atoms with van der Waals surface area (Å²) in [5, 5.41) is 12.0. The molecule has 4 N–H and O–H groups in total. The van der Waals surface area contributed by atoms with E-state index in [0.717, 1.165) is 31.4 Å². The number of nitrogens with two attached hydrogens (primary N) is 1. The number of rotatable bonds is 8. The van der Waals surface area contributed by atoms with Crippen LogP contribution in [-0.4, -0.2) is 24.8 Å². The fraction of sp³-hybridized carbons (Fsp3) is 0.538. The van der Waals surface area contributed by atoms with Gasteiger partial charge in [0.2, 0.25) is 0 Å². The number of hydrogen-bond acceptors (Lipinski definition) is 3. The van der Waals surface area contributed by atoms with Crippen molar-refractivity contribution in [2.45, 2.75) is 25.3 Å². The lowest BCUT2D eigenvalue weighted by Crippen LogP contribution is -2.29. The Hall–Kier alpha value is -0.490. The van der Waals surface area contributed by atoms with Crippen LogP contribution in [0.15, 0.2) is 22.7 Å². The molecule has 0 aliphatic carbocycles. The van der Waals surface area contributed by atoms with Crippen LogP contribution in [0.5, 0.6) is 0 Å². The molecular formula is C13H20BrFN2O. The molecule has 3 nitrogen and oxygen atoms in total. The molecule has 1 unspecified atom stereocenters. The van der Waals surface area contributed by atoms with E-state index in [-0.39, 0.29) is 18.5 Å². The van der Waals surface area contributed by atoms with Crippen LogP contribution in [0.2, 0.25) is 0 Å². The third-order valence-electron chi connectivity index (χ3n) is 2.81. The smallest absolute Gasteiger partial charge is 0.137 e. The highest BCUT2D eigenvalue weighted by Gasteiger charge is 2.10. The Bertz CT molecular complexity index is 363. The Morgan fingerprint density at radius 1 is 1.33 bits per heavy atom. The fourth-order valence-corrected chi connectivity index (χ4v) is 2.15. The van der Waals surface area contributed by atoms with Crippen molar-refractivity contribution in [2.75, 3.05) is 19.7 Å². The van der Waals surface area contributed by atoms with Crippen LogP contribution in [0.25, 0.3) is 0 Å². The zero-order chi connectivity index (χ0) is 13.4. The van der Waals surface area contributed by atoms with E-state index in [0.29, 0.717) is 11.0 Å². The van der Waals surface area contributed by atoms with Gasteiger partial charge in [-0.25, -0.2) is 4.39 Å². The van der Waals surface area contributed by atoms with Crippen molar-refractivity contribution >= 4 is 15.9 Å². The summed E-state index contributed by atoms with van der Waals surface area (Å²) >= 11 is 3.17. The first-order valence-electron chi connectivity index (χ1n) is 6.18. The van der Waals surface area contributed by atoms with Crippen molar-refractivity contribution in [3.05, 3.63) is 34.1 Å². The summed E-state index contributed by atoms with van der Waals surface area (Å²) in [4.78, 5) is 0. The zero-order valence-corrected chi connectivity index (χ0v) is 11.9. The molecular weight excluding hydrogens is 299 g/mol. The van der Waals surface area contributed by atoms with Crippen LogP contribution in [0.1, 0.15) is 30.9 Å². The lowest BCUT2D eigenvalue weighted by atomic mass is 10.1. The highest BCUT2D eigenvalue weighted by Crippen LogP contribution is 2.21. The minimum atomic E-state index is -0.266. The molecule has 0 fully saturated rings. The second kappa shape index (κ2) is 8.58. The lowest BCUT2D eigenvalue weighted by Gasteiger charge is -2.17. The van der Waals surface area contributed by atoms with E-state index in [1.54, 1.807) is 12.1 Å². The second-order valence-corrected chi connectivity index (χ2v) is 5.05. The number of unbranched alkanes of at least 4 members (excludes halogenated alkanes) is 2. The number of aliphatic hydroxyl groups is 1. The highest BCUT2D eigenvalue weighted by atomic mass is 79.9. The zero-order valence-electron chi connectivity index (χ0n) is 10.3. The van der Waals surface area contributed by atoms with E-state index in [1.807, 2.05) is 0 Å².